The van der Waals surface area contributed by atoms with Crippen LogP contribution in [0, 0.1) is 0 Å². The molecular weight excluding hydrogens is 406 g/mol. The molecule has 2 N–H and O–H groups in total. The minimum Gasteiger partial charge on any atom is -0.444 e. The molecule has 2 aromatic heterocycles. The van der Waals surface area contributed by atoms with Gasteiger partial charge >= 0.3 is 6.09 Å². The van der Waals surface area contributed by atoms with Crippen LogP contribution in [0.5, 0.6) is 0 Å². The predicted octanol–water partition coefficient (Wildman–Crippen LogP) is 4.30. The predicted molar refractivity (Wildman–Crippen MR) is 124 cm³/mol. The highest BCUT2D eigenvalue weighted by atomic mass is 16.6. The zero-order chi connectivity index (χ0) is 22.7. The van der Waals surface area contributed by atoms with Crippen LogP contribution in [-0.2, 0) is 4.74 Å². The molecule has 8 nitrogen and oxygen atoms in total. The zero-order valence-electron chi connectivity index (χ0n) is 18.5. The first-order chi connectivity index (χ1) is 15.3. The van der Waals surface area contributed by atoms with Crippen LogP contribution in [0.25, 0.3) is 10.9 Å². The third-order valence-corrected chi connectivity index (χ3v) is 5.12. The van der Waals surface area contributed by atoms with Gasteiger partial charge in [0, 0.05) is 42.6 Å². The molecule has 0 spiro atoms. The first-order valence-corrected chi connectivity index (χ1v) is 10.6. The fourth-order valence-corrected chi connectivity index (χ4v) is 3.69. The number of anilines is 2. The topological polar surface area (TPSA) is 96.5 Å². The Morgan fingerprint density at radius 3 is 2.62 bits per heavy atom. The van der Waals surface area contributed by atoms with Crippen LogP contribution in [0.3, 0.4) is 0 Å². The third-order valence-electron chi connectivity index (χ3n) is 5.12. The number of nitrogens with one attached hydrogen (secondary N) is 2. The van der Waals surface area contributed by atoms with Crippen LogP contribution < -0.4 is 10.6 Å². The van der Waals surface area contributed by atoms with Crippen molar-refractivity contribution in [2.24, 2.45) is 0 Å². The Labute approximate surface area is 187 Å². The van der Waals surface area contributed by atoms with Crippen molar-refractivity contribution in [2.45, 2.75) is 38.8 Å². The summed E-state index contributed by atoms with van der Waals surface area (Å²) in [6.45, 7) is 6.77. The molecule has 0 saturated carbocycles. The van der Waals surface area contributed by atoms with Gasteiger partial charge < -0.3 is 20.3 Å². The summed E-state index contributed by atoms with van der Waals surface area (Å²) in [4.78, 5) is 35.5. The second-order valence-corrected chi connectivity index (χ2v) is 8.79. The number of hydrogen-bond donors (Lipinski definition) is 2. The number of likely N-dealkylation sites (tertiary alicyclic amines) is 1. The molecule has 3 aromatic rings. The summed E-state index contributed by atoms with van der Waals surface area (Å²) in [5.41, 5.74) is 1.43. The van der Waals surface area contributed by atoms with E-state index in [9.17, 15) is 9.59 Å². The molecule has 166 valence electrons. The maximum atomic E-state index is 12.8. The summed E-state index contributed by atoms with van der Waals surface area (Å²) in [6, 6.07) is 12.8. The van der Waals surface area contributed by atoms with Crippen molar-refractivity contribution in [1.82, 2.24) is 14.9 Å². The van der Waals surface area contributed by atoms with Crippen molar-refractivity contribution in [3.05, 3.63) is 60.4 Å². The van der Waals surface area contributed by atoms with E-state index in [1.54, 1.807) is 35.5 Å². The smallest absolute Gasteiger partial charge is 0.410 e. The lowest BCUT2D eigenvalue weighted by atomic mass is 10.1. The molecule has 0 aliphatic carbocycles. The van der Waals surface area contributed by atoms with Gasteiger partial charge in [-0.1, -0.05) is 6.07 Å². The molecule has 3 heterocycles. The molecule has 4 rings (SSSR count). The van der Waals surface area contributed by atoms with E-state index in [0.717, 1.165) is 17.5 Å². The number of pyridine rings is 2. The van der Waals surface area contributed by atoms with E-state index >= 15 is 0 Å². The number of nitrogens with zero attached hydrogens (tertiary/aromatic N) is 3. The highest BCUT2D eigenvalue weighted by Gasteiger charge is 2.30. The standard InChI is InChI=1S/C24H27N5O3/c1-24(2,3)32-23(31)29-14-11-16(15-29)27-19-10-9-18(21-17(19)7-6-13-26-21)22(30)28-20-8-4-5-12-25-20/h4-10,12-13,16,27H,11,14-15H2,1-3H3,(H,25,28,30)/t16-/m0/s1. The van der Waals surface area contributed by atoms with Gasteiger partial charge in [0.25, 0.3) is 5.91 Å². The van der Waals surface area contributed by atoms with Crippen LogP contribution in [0.4, 0.5) is 16.3 Å². The molecule has 1 fully saturated rings. The number of aromatic nitrogens is 2. The van der Waals surface area contributed by atoms with Crippen LogP contribution in [0.1, 0.15) is 37.6 Å². The lowest BCUT2D eigenvalue weighted by Crippen LogP contribution is -2.36. The Hall–Kier alpha value is -3.68. The van der Waals surface area contributed by atoms with Crippen molar-refractivity contribution in [1.29, 1.82) is 0 Å². The lowest BCUT2D eigenvalue weighted by Gasteiger charge is -2.24. The van der Waals surface area contributed by atoms with Crippen LogP contribution in [0.2, 0.25) is 0 Å². The Balaban J connectivity index is 1.51. The van der Waals surface area contributed by atoms with Crippen molar-refractivity contribution < 1.29 is 14.3 Å². The summed E-state index contributed by atoms with van der Waals surface area (Å²) >= 11 is 0. The van der Waals surface area contributed by atoms with Gasteiger partial charge in [-0.2, -0.15) is 0 Å². The minimum absolute atomic E-state index is 0.0825. The molecule has 0 bridgehead atoms. The average molecular weight is 434 g/mol. The first-order valence-electron chi connectivity index (χ1n) is 10.6. The second kappa shape index (κ2) is 8.82. The highest BCUT2D eigenvalue weighted by molar-refractivity contribution is 6.13. The van der Waals surface area contributed by atoms with Gasteiger partial charge in [0.05, 0.1) is 11.1 Å². The number of rotatable bonds is 4. The average Bonchev–Trinajstić information content (AvgIpc) is 3.22. The van der Waals surface area contributed by atoms with Gasteiger partial charge in [-0.3, -0.25) is 9.78 Å². The van der Waals surface area contributed by atoms with Crippen molar-refractivity contribution >= 4 is 34.4 Å². The van der Waals surface area contributed by atoms with Gasteiger partial charge in [-0.05, 0) is 63.6 Å². The van der Waals surface area contributed by atoms with Gasteiger partial charge in [0.2, 0.25) is 0 Å². The number of hydrogen-bond acceptors (Lipinski definition) is 6. The van der Waals surface area contributed by atoms with Gasteiger partial charge in [-0.15, -0.1) is 0 Å². The van der Waals surface area contributed by atoms with Gasteiger partial charge in [-0.25, -0.2) is 9.78 Å². The zero-order valence-corrected chi connectivity index (χ0v) is 18.5. The summed E-state index contributed by atoms with van der Waals surface area (Å²) in [7, 11) is 0. The molecule has 32 heavy (non-hydrogen) atoms. The number of amides is 2. The molecule has 1 aliphatic heterocycles. The van der Waals surface area contributed by atoms with Crippen LogP contribution in [-0.4, -0.2) is 51.6 Å². The number of fused-ring (bicyclic) bond motifs is 1. The summed E-state index contributed by atoms with van der Waals surface area (Å²) in [5, 5.41) is 7.17. The maximum absolute atomic E-state index is 12.8. The van der Waals surface area contributed by atoms with Gasteiger partial charge in [0.15, 0.2) is 0 Å². The van der Waals surface area contributed by atoms with E-state index in [-0.39, 0.29) is 18.0 Å². The number of carbonyl (C=O) groups is 2. The molecular formula is C24H27N5O3. The normalized spacial score (nSPS) is 16.1. The summed E-state index contributed by atoms with van der Waals surface area (Å²) in [6.07, 6.45) is 3.81. The molecule has 2 amide bonds. The van der Waals surface area contributed by atoms with E-state index in [4.69, 9.17) is 4.74 Å². The SMILES string of the molecule is CC(C)(C)OC(=O)N1CC[C@H](Nc2ccc(C(=O)Nc3ccccn3)c3ncccc23)C1. The molecule has 0 unspecified atom stereocenters. The fraction of sp³-hybridized carbons (Fsp3) is 0.333. The monoisotopic (exact) mass is 433 g/mol. The quantitative estimate of drug-likeness (QED) is 0.637. The van der Waals surface area contributed by atoms with Crippen LogP contribution >= 0.6 is 0 Å². The van der Waals surface area contributed by atoms with Crippen molar-refractivity contribution in [3.63, 3.8) is 0 Å². The largest absolute Gasteiger partial charge is 0.444 e. The third kappa shape index (κ3) is 4.96. The maximum Gasteiger partial charge on any atom is 0.410 e. The molecule has 1 aromatic carbocycles. The minimum atomic E-state index is -0.518. The van der Waals surface area contributed by atoms with Crippen molar-refractivity contribution in [2.75, 3.05) is 23.7 Å². The molecule has 1 aliphatic rings. The number of carbonyl (C=O) groups excluding carboxylic acids is 2. The Morgan fingerprint density at radius 2 is 1.88 bits per heavy atom. The Bertz CT molecular complexity index is 1130. The molecule has 0 radical (unpaired) electrons. The van der Waals surface area contributed by atoms with E-state index in [0.29, 0.717) is 30.0 Å². The number of ether oxygens (including phenoxy) is 1. The fourth-order valence-electron chi connectivity index (χ4n) is 3.69. The lowest BCUT2D eigenvalue weighted by molar-refractivity contribution is 0.0293. The highest BCUT2D eigenvalue weighted by Crippen LogP contribution is 2.28. The van der Waals surface area contributed by atoms with E-state index in [1.807, 2.05) is 45.0 Å². The van der Waals surface area contributed by atoms with Crippen molar-refractivity contribution in [3.8, 4) is 0 Å². The summed E-state index contributed by atoms with van der Waals surface area (Å²) in [5.74, 6) is 0.216. The molecule has 1 saturated heterocycles. The van der Waals surface area contributed by atoms with E-state index < -0.39 is 5.60 Å². The molecule has 8 heteroatoms. The second-order valence-electron chi connectivity index (χ2n) is 8.79. The molecule has 1 atom stereocenters. The van der Waals surface area contributed by atoms with Gasteiger partial charge in [0.1, 0.15) is 11.4 Å². The first kappa shape index (κ1) is 21.5. The summed E-state index contributed by atoms with van der Waals surface area (Å²) < 4.78 is 5.48. The van der Waals surface area contributed by atoms with Crippen LogP contribution in [0.15, 0.2) is 54.9 Å². The Kier molecular flexibility index (Phi) is 5.94. The number of benzene rings is 1. The Morgan fingerprint density at radius 1 is 1.06 bits per heavy atom. The van der Waals surface area contributed by atoms with E-state index in [1.165, 1.54) is 0 Å². The van der Waals surface area contributed by atoms with E-state index in [2.05, 4.69) is 20.6 Å².